The van der Waals surface area contributed by atoms with Crippen molar-refractivity contribution in [3.8, 4) is 0 Å². The summed E-state index contributed by atoms with van der Waals surface area (Å²) in [6, 6.07) is 5.67. The molecule has 2 aromatic rings. The topological polar surface area (TPSA) is 61.7 Å². The third-order valence-electron chi connectivity index (χ3n) is 7.25. The van der Waals surface area contributed by atoms with Crippen LogP contribution in [-0.4, -0.2) is 64.1 Å². The van der Waals surface area contributed by atoms with E-state index in [1.807, 2.05) is 26.1 Å². The summed E-state index contributed by atoms with van der Waals surface area (Å²) in [5.41, 5.74) is 3.84. The van der Waals surface area contributed by atoms with Crippen LogP contribution >= 0.6 is 0 Å². The molecule has 2 aliphatic heterocycles. The van der Waals surface area contributed by atoms with Gasteiger partial charge in [-0.15, -0.1) is 0 Å². The van der Waals surface area contributed by atoms with E-state index in [0.717, 1.165) is 55.6 Å². The Labute approximate surface area is 189 Å². The Balaban J connectivity index is 1.30. The van der Waals surface area contributed by atoms with E-state index in [1.54, 1.807) is 16.9 Å². The molecule has 1 aromatic heterocycles. The Bertz CT molecular complexity index is 1060. The van der Waals surface area contributed by atoms with E-state index in [9.17, 15) is 9.59 Å². The van der Waals surface area contributed by atoms with E-state index in [-0.39, 0.29) is 18.4 Å². The van der Waals surface area contributed by atoms with E-state index in [0.29, 0.717) is 11.1 Å². The van der Waals surface area contributed by atoms with Crippen LogP contribution in [0.15, 0.2) is 36.5 Å². The summed E-state index contributed by atoms with van der Waals surface area (Å²) in [6.07, 6.45) is 10.0. The van der Waals surface area contributed by atoms with E-state index in [2.05, 4.69) is 27.1 Å². The Morgan fingerprint density at radius 2 is 1.88 bits per heavy atom. The van der Waals surface area contributed by atoms with E-state index in [1.165, 1.54) is 24.2 Å². The summed E-state index contributed by atoms with van der Waals surface area (Å²) < 4.78 is 1.77. The van der Waals surface area contributed by atoms with Gasteiger partial charge in [-0.1, -0.05) is 18.2 Å². The van der Waals surface area contributed by atoms with Crippen LogP contribution in [0.3, 0.4) is 0 Å². The Morgan fingerprint density at radius 3 is 2.56 bits per heavy atom. The van der Waals surface area contributed by atoms with Gasteiger partial charge in [0.05, 0.1) is 29.6 Å². The van der Waals surface area contributed by atoms with Crippen LogP contribution in [-0.2, 0) is 13.6 Å². The summed E-state index contributed by atoms with van der Waals surface area (Å²) in [5.74, 6) is 0.357. The molecule has 2 amide bonds. The lowest BCUT2D eigenvalue weighted by Gasteiger charge is -2.38. The average molecular weight is 434 g/mol. The summed E-state index contributed by atoms with van der Waals surface area (Å²) in [5, 5.41) is 4.25. The van der Waals surface area contributed by atoms with Crippen LogP contribution in [0.2, 0.25) is 0 Å². The molecule has 3 aliphatic rings. The maximum absolute atomic E-state index is 13.4. The number of imide groups is 1. The minimum absolute atomic E-state index is 0.194. The largest absolute Gasteiger partial charge is 0.368 e. The highest BCUT2D eigenvalue weighted by molar-refractivity contribution is 6.23. The van der Waals surface area contributed by atoms with Crippen LogP contribution in [0.1, 0.15) is 51.2 Å². The van der Waals surface area contributed by atoms with E-state index < -0.39 is 0 Å². The molecule has 0 unspecified atom stereocenters. The number of anilines is 1. The quantitative estimate of drug-likeness (QED) is 0.536. The standard InChI is InChI=1S/C25H31N5O2/c1-18-20(15-26-27(18)2)17-30-24(31)21-9-6-10-22(23(21)25(30)32)29-13-11-28(12-14-29)16-19-7-4-3-5-8-19/h3-4,6,9-10,15,19H,5,7-8,11-14,16-17H2,1-2H3/t19-/m0/s1. The lowest BCUT2D eigenvalue weighted by atomic mass is 9.94. The number of amides is 2. The molecular formula is C25H31N5O2. The van der Waals surface area contributed by atoms with Crippen molar-refractivity contribution in [2.24, 2.45) is 13.0 Å². The number of carbonyl (C=O) groups is 2. The third-order valence-corrected chi connectivity index (χ3v) is 7.25. The fraction of sp³-hybridized carbons (Fsp3) is 0.480. The molecule has 32 heavy (non-hydrogen) atoms. The Kier molecular flexibility index (Phi) is 5.59. The molecule has 3 heterocycles. The zero-order valence-electron chi connectivity index (χ0n) is 19.0. The fourth-order valence-corrected chi connectivity index (χ4v) is 5.15. The predicted molar refractivity (Wildman–Crippen MR) is 124 cm³/mol. The van der Waals surface area contributed by atoms with Gasteiger partial charge in [0.1, 0.15) is 0 Å². The van der Waals surface area contributed by atoms with Crippen molar-refractivity contribution >= 4 is 17.5 Å². The minimum atomic E-state index is -0.209. The van der Waals surface area contributed by atoms with Gasteiger partial charge in [0, 0.05) is 51.0 Å². The van der Waals surface area contributed by atoms with Gasteiger partial charge in [-0.3, -0.25) is 24.1 Å². The highest BCUT2D eigenvalue weighted by Gasteiger charge is 2.39. The first kappa shape index (κ1) is 20.9. The molecule has 168 valence electrons. The molecule has 1 fully saturated rings. The molecule has 0 N–H and O–H groups in total. The van der Waals surface area contributed by atoms with Crippen LogP contribution < -0.4 is 4.90 Å². The number of fused-ring (bicyclic) bond motifs is 1. The van der Waals surface area contributed by atoms with Gasteiger partial charge >= 0.3 is 0 Å². The normalized spacial score (nSPS) is 21.5. The summed E-state index contributed by atoms with van der Waals surface area (Å²) in [6.45, 7) is 7.10. The molecule has 5 rings (SSSR count). The summed E-state index contributed by atoms with van der Waals surface area (Å²) in [7, 11) is 1.87. The number of aryl methyl sites for hydroxylation is 1. The van der Waals surface area contributed by atoms with Gasteiger partial charge in [0.15, 0.2) is 0 Å². The number of piperazine rings is 1. The Hall–Kier alpha value is -2.93. The van der Waals surface area contributed by atoms with Crippen LogP contribution in [0, 0.1) is 12.8 Å². The highest BCUT2D eigenvalue weighted by atomic mass is 16.2. The lowest BCUT2D eigenvalue weighted by Crippen LogP contribution is -2.48. The monoisotopic (exact) mass is 433 g/mol. The van der Waals surface area contributed by atoms with Gasteiger partial charge in [0.2, 0.25) is 0 Å². The first-order chi connectivity index (χ1) is 15.5. The van der Waals surface area contributed by atoms with Gasteiger partial charge in [-0.25, -0.2) is 0 Å². The minimum Gasteiger partial charge on any atom is -0.368 e. The molecule has 0 saturated carbocycles. The molecule has 7 nitrogen and oxygen atoms in total. The first-order valence-electron chi connectivity index (χ1n) is 11.6. The van der Waals surface area contributed by atoms with Crippen molar-refractivity contribution in [2.45, 2.75) is 32.7 Å². The van der Waals surface area contributed by atoms with Crippen molar-refractivity contribution < 1.29 is 9.59 Å². The number of aromatic nitrogens is 2. The molecule has 0 spiro atoms. The lowest BCUT2D eigenvalue weighted by molar-refractivity contribution is 0.0642. The van der Waals surface area contributed by atoms with Crippen molar-refractivity contribution in [2.75, 3.05) is 37.6 Å². The van der Waals surface area contributed by atoms with E-state index in [4.69, 9.17) is 0 Å². The first-order valence-corrected chi connectivity index (χ1v) is 11.6. The van der Waals surface area contributed by atoms with E-state index >= 15 is 0 Å². The third kappa shape index (κ3) is 3.75. The molecule has 1 aromatic carbocycles. The number of carbonyl (C=O) groups excluding carboxylic acids is 2. The van der Waals surface area contributed by atoms with Crippen molar-refractivity contribution in [3.05, 3.63) is 58.9 Å². The number of hydrogen-bond donors (Lipinski definition) is 0. The molecule has 1 aliphatic carbocycles. The maximum atomic E-state index is 13.4. The zero-order chi connectivity index (χ0) is 22.2. The van der Waals surface area contributed by atoms with Crippen molar-refractivity contribution in [3.63, 3.8) is 0 Å². The number of rotatable bonds is 5. The number of benzene rings is 1. The van der Waals surface area contributed by atoms with Gasteiger partial charge < -0.3 is 4.90 Å². The smallest absolute Gasteiger partial charge is 0.263 e. The van der Waals surface area contributed by atoms with Crippen molar-refractivity contribution in [1.29, 1.82) is 0 Å². The highest BCUT2D eigenvalue weighted by Crippen LogP contribution is 2.33. The number of hydrogen-bond acceptors (Lipinski definition) is 5. The fourth-order valence-electron chi connectivity index (χ4n) is 5.15. The second-order valence-electron chi connectivity index (χ2n) is 9.21. The van der Waals surface area contributed by atoms with Crippen LogP contribution in [0.25, 0.3) is 0 Å². The number of nitrogens with zero attached hydrogens (tertiary/aromatic N) is 5. The molecule has 0 radical (unpaired) electrons. The SMILES string of the molecule is Cc1c(CN2C(=O)c3cccc(N4CCN(C[C@H]5CC=CCC5)CC4)c3C2=O)cnn1C. The second kappa shape index (κ2) is 8.54. The molecule has 7 heteroatoms. The van der Waals surface area contributed by atoms with Crippen LogP contribution in [0.4, 0.5) is 5.69 Å². The molecule has 1 atom stereocenters. The zero-order valence-corrected chi connectivity index (χ0v) is 19.0. The van der Waals surface area contributed by atoms with Gasteiger partial charge in [-0.2, -0.15) is 5.10 Å². The molecule has 1 saturated heterocycles. The average Bonchev–Trinajstić information content (AvgIpc) is 3.26. The second-order valence-corrected chi connectivity index (χ2v) is 9.21. The van der Waals surface area contributed by atoms with Crippen LogP contribution in [0.5, 0.6) is 0 Å². The predicted octanol–water partition coefficient (Wildman–Crippen LogP) is 3.00. The van der Waals surface area contributed by atoms with Gasteiger partial charge in [-0.05, 0) is 44.2 Å². The number of allylic oxidation sites excluding steroid dienone is 2. The molecule has 0 bridgehead atoms. The maximum Gasteiger partial charge on any atom is 0.263 e. The summed E-state index contributed by atoms with van der Waals surface area (Å²) in [4.78, 5) is 32.6. The molecular weight excluding hydrogens is 402 g/mol. The van der Waals surface area contributed by atoms with Crippen molar-refractivity contribution in [1.82, 2.24) is 19.6 Å². The Morgan fingerprint density at radius 1 is 1.06 bits per heavy atom. The summed E-state index contributed by atoms with van der Waals surface area (Å²) >= 11 is 0. The van der Waals surface area contributed by atoms with Gasteiger partial charge in [0.25, 0.3) is 11.8 Å².